The van der Waals surface area contributed by atoms with Crippen LogP contribution < -0.4 is 9.64 Å². The lowest BCUT2D eigenvalue weighted by Gasteiger charge is -2.35. The first kappa shape index (κ1) is 24.1. The number of carbonyl (C=O) groups is 1. The highest BCUT2D eigenvalue weighted by Crippen LogP contribution is 2.45. The van der Waals surface area contributed by atoms with Crippen molar-refractivity contribution in [3.05, 3.63) is 54.6 Å². The van der Waals surface area contributed by atoms with Crippen molar-refractivity contribution in [3.8, 4) is 5.75 Å². The maximum Gasteiger partial charge on any atom is 0.370 e. The molecule has 0 aliphatic carbocycles. The average molecular weight is 480 g/mol. The molecule has 0 unspecified atom stereocenters. The zero-order chi connectivity index (χ0) is 23.5. The monoisotopic (exact) mass is 479 g/mol. The Hall–Kier alpha value is -2.52. The van der Waals surface area contributed by atoms with Crippen LogP contribution in [0.4, 0.5) is 15.8 Å². The molecule has 0 radical (unpaired) electrons. The number of hydrogen-bond acceptors (Lipinski definition) is 7. The number of halogens is 1. The van der Waals surface area contributed by atoms with Gasteiger partial charge in [0.2, 0.25) is 5.83 Å². The Kier molecular flexibility index (Phi) is 7.19. The maximum atomic E-state index is 13.8. The minimum Gasteiger partial charge on any atom is -0.464 e. The van der Waals surface area contributed by atoms with Crippen LogP contribution in [0.5, 0.6) is 5.75 Å². The molecule has 1 aliphatic rings. The molecule has 32 heavy (non-hydrogen) atoms. The second kappa shape index (κ2) is 9.54. The topological polar surface area (TPSA) is 72.9 Å². The number of anilines is 2. The number of methoxy groups -OCH3 is 1. The van der Waals surface area contributed by atoms with Gasteiger partial charge >= 0.3 is 5.97 Å². The Morgan fingerprint density at radius 2 is 1.88 bits per heavy atom. The number of esters is 1. The molecule has 1 aliphatic heterocycles. The first-order valence-corrected chi connectivity index (χ1v) is 12.3. The van der Waals surface area contributed by atoms with Crippen molar-refractivity contribution in [3.63, 3.8) is 0 Å². The summed E-state index contributed by atoms with van der Waals surface area (Å²) in [6, 6.07) is 12.5. The molecule has 0 N–H and O–H groups in total. The van der Waals surface area contributed by atoms with Gasteiger partial charge in [0.15, 0.2) is 9.84 Å². The Labute approximate surface area is 193 Å². The van der Waals surface area contributed by atoms with Gasteiger partial charge in [-0.2, -0.15) is 4.39 Å². The minimum atomic E-state index is -3.71. The number of para-hydroxylation sites is 1. The van der Waals surface area contributed by atoms with Gasteiger partial charge in [0.05, 0.1) is 23.4 Å². The van der Waals surface area contributed by atoms with Crippen LogP contribution in [0.2, 0.25) is 0 Å². The van der Waals surface area contributed by atoms with E-state index in [1.807, 2.05) is 49.1 Å². The molecule has 1 heterocycles. The number of benzene rings is 2. The molecule has 9 heteroatoms. The lowest BCUT2D eigenvalue weighted by molar-refractivity contribution is -0.137. The number of rotatable bonds is 6. The molecule has 0 bridgehead atoms. The summed E-state index contributed by atoms with van der Waals surface area (Å²) in [5.74, 6) is -2.46. The fraction of sp³-hybridized carbons (Fsp3) is 0.348. The molecule has 0 saturated carbocycles. The molecule has 0 spiro atoms. The summed E-state index contributed by atoms with van der Waals surface area (Å²) in [6.07, 6.45) is 1.95. The molecule has 0 aromatic heterocycles. The van der Waals surface area contributed by atoms with Crippen LogP contribution >= 0.6 is 12.6 Å². The molecule has 2 aromatic rings. The molecular weight excluding hydrogens is 453 g/mol. The molecule has 0 saturated heterocycles. The van der Waals surface area contributed by atoms with Crippen LogP contribution in [0.15, 0.2) is 64.3 Å². The van der Waals surface area contributed by atoms with E-state index in [1.54, 1.807) is 6.07 Å². The van der Waals surface area contributed by atoms with Crippen molar-refractivity contribution in [1.29, 1.82) is 0 Å². The average Bonchev–Trinajstić information content (AvgIpc) is 2.89. The fourth-order valence-corrected chi connectivity index (χ4v) is 6.29. The van der Waals surface area contributed by atoms with Crippen LogP contribution in [0.25, 0.3) is 0 Å². The molecule has 2 aromatic carbocycles. The van der Waals surface area contributed by atoms with E-state index in [4.69, 9.17) is 4.74 Å². The number of thiol groups is 1. The summed E-state index contributed by atoms with van der Waals surface area (Å²) in [6.45, 7) is 4.51. The van der Waals surface area contributed by atoms with Gasteiger partial charge in [0, 0.05) is 28.6 Å². The first-order valence-electron chi connectivity index (χ1n) is 10.2. The highest BCUT2D eigenvalue weighted by molar-refractivity contribution is 7.91. The molecule has 172 valence electrons. The lowest BCUT2D eigenvalue weighted by Crippen LogP contribution is -2.37. The van der Waals surface area contributed by atoms with Gasteiger partial charge in [-0.15, -0.1) is 12.6 Å². The van der Waals surface area contributed by atoms with E-state index in [0.717, 1.165) is 12.8 Å². The van der Waals surface area contributed by atoms with Crippen LogP contribution in [0.1, 0.15) is 26.7 Å². The third-order valence-corrected chi connectivity index (χ3v) is 8.23. The van der Waals surface area contributed by atoms with Gasteiger partial charge in [0.25, 0.3) is 0 Å². The van der Waals surface area contributed by atoms with E-state index in [9.17, 15) is 17.6 Å². The van der Waals surface area contributed by atoms with Crippen molar-refractivity contribution >= 4 is 39.8 Å². The summed E-state index contributed by atoms with van der Waals surface area (Å²) < 4.78 is 50.3. The quantitative estimate of drug-likeness (QED) is 0.270. The normalized spacial score (nSPS) is 17.3. The van der Waals surface area contributed by atoms with E-state index < -0.39 is 27.0 Å². The predicted octanol–water partition coefficient (Wildman–Crippen LogP) is 5.07. The van der Waals surface area contributed by atoms with Crippen molar-refractivity contribution in [2.45, 2.75) is 36.5 Å². The molecule has 0 fully saturated rings. The Balaban J connectivity index is 2.18. The molecular formula is C23H26FNO5S2. The number of nitrogens with zero attached hydrogens (tertiary/aromatic N) is 1. The zero-order valence-corrected chi connectivity index (χ0v) is 19.9. The predicted molar refractivity (Wildman–Crippen MR) is 124 cm³/mol. The van der Waals surface area contributed by atoms with Gasteiger partial charge in [-0.05, 0) is 31.0 Å². The Morgan fingerprint density at radius 3 is 2.47 bits per heavy atom. The van der Waals surface area contributed by atoms with Crippen LogP contribution in [0, 0.1) is 5.41 Å². The molecule has 3 rings (SSSR count). The lowest BCUT2D eigenvalue weighted by atomic mass is 9.83. The fourth-order valence-electron chi connectivity index (χ4n) is 3.82. The Morgan fingerprint density at radius 1 is 1.22 bits per heavy atom. The van der Waals surface area contributed by atoms with Crippen molar-refractivity contribution in [2.75, 3.05) is 24.3 Å². The van der Waals surface area contributed by atoms with E-state index >= 15 is 0 Å². The zero-order valence-electron chi connectivity index (χ0n) is 18.2. The number of fused-ring (bicyclic) bond motifs is 1. The van der Waals surface area contributed by atoms with Crippen LogP contribution in [0.3, 0.4) is 0 Å². The largest absolute Gasteiger partial charge is 0.464 e. The third kappa shape index (κ3) is 4.78. The summed E-state index contributed by atoms with van der Waals surface area (Å²) in [5, 5.41) is 0. The van der Waals surface area contributed by atoms with E-state index in [-0.39, 0.29) is 16.4 Å². The summed E-state index contributed by atoms with van der Waals surface area (Å²) in [7, 11) is -2.67. The van der Waals surface area contributed by atoms with Crippen molar-refractivity contribution in [2.24, 2.45) is 5.41 Å². The first-order chi connectivity index (χ1) is 15.2. The maximum absolute atomic E-state index is 13.8. The summed E-state index contributed by atoms with van der Waals surface area (Å²) in [4.78, 5) is 13.6. The van der Waals surface area contributed by atoms with Crippen molar-refractivity contribution in [1.82, 2.24) is 0 Å². The molecule has 0 atom stereocenters. The molecule has 6 nitrogen and oxygen atoms in total. The number of carbonyl (C=O) groups excluding carboxylic acids is 1. The van der Waals surface area contributed by atoms with Gasteiger partial charge < -0.3 is 14.4 Å². The SMILES string of the molecule is CCC1(CC)CN(c2ccccc2)c2cc(S)c(O/C=C(\F)C(=O)OC)cc2S(=O)(=O)C1. The van der Waals surface area contributed by atoms with E-state index in [0.29, 0.717) is 36.2 Å². The summed E-state index contributed by atoms with van der Waals surface area (Å²) in [5.41, 5.74) is 0.882. The van der Waals surface area contributed by atoms with Crippen LogP contribution in [-0.2, 0) is 19.4 Å². The minimum absolute atomic E-state index is 0.0169. The Bertz CT molecular complexity index is 1130. The van der Waals surface area contributed by atoms with Gasteiger partial charge in [-0.1, -0.05) is 32.0 Å². The van der Waals surface area contributed by atoms with E-state index in [1.165, 1.54) is 6.07 Å². The second-order valence-electron chi connectivity index (χ2n) is 7.75. The smallest absolute Gasteiger partial charge is 0.370 e. The van der Waals surface area contributed by atoms with Gasteiger partial charge in [0.1, 0.15) is 12.0 Å². The van der Waals surface area contributed by atoms with Gasteiger partial charge in [-0.25, -0.2) is 13.2 Å². The van der Waals surface area contributed by atoms with Crippen molar-refractivity contribution < 1.29 is 27.1 Å². The number of ether oxygens (including phenoxy) is 2. The standard InChI is InChI=1S/C23H26FNO5S2/c1-4-23(5-2)14-25(16-9-7-6-8-10-16)18-11-20(31)19(12-21(18)32(27,28)15-23)30-13-17(24)22(26)29-3/h6-13,31H,4-5,14-15H2,1-3H3/b17-13-. The number of sulfone groups is 1. The second-order valence-corrected chi connectivity index (χ2v) is 10.2. The summed E-state index contributed by atoms with van der Waals surface area (Å²) >= 11 is 4.43. The highest BCUT2D eigenvalue weighted by Gasteiger charge is 2.41. The van der Waals surface area contributed by atoms with Gasteiger partial charge in [-0.3, -0.25) is 0 Å². The third-order valence-electron chi connectivity index (χ3n) is 5.89. The molecule has 0 amide bonds. The van der Waals surface area contributed by atoms with Crippen LogP contribution in [-0.4, -0.2) is 33.8 Å². The highest BCUT2D eigenvalue weighted by atomic mass is 32.2. The number of hydrogen-bond donors (Lipinski definition) is 1. The van der Waals surface area contributed by atoms with E-state index in [2.05, 4.69) is 17.4 Å².